The lowest BCUT2D eigenvalue weighted by Gasteiger charge is -2.14. The van der Waals surface area contributed by atoms with Crippen molar-refractivity contribution < 1.29 is 19.4 Å². The SMILES string of the molecule is COc1cccc(C(C)OC(=O)c2ccc(-c3ccc(O)cc3)cc2)c1. The molecule has 0 aromatic heterocycles. The third kappa shape index (κ3) is 4.03. The minimum Gasteiger partial charge on any atom is -0.508 e. The van der Waals surface area contributed by atoms with Crippen LogP contribution in [-0.2, 0) is 4.74 Å². The van der Waals surface area contributed by atoms with Crippen LogP contribution in [0.1, 0.15) is 28.9 Å². The largest absolute Gasteiger partial charge is 0.508 e. The second-order valence-corrected chi connectivity index (χ2v) is 5.95. The fraction of sp³-hybridized carbons (Fsp3) is 0.136. The first-order chi connectivity index (χ1) is 12.6. The van der Waals surface area contributed by atoms with E-state index in [-0.39, 0.29) is 17.8 Å². The second kappa shape index (κ2) is 7.74. The molecule has 0 fully saturated rings. The molecule has 132 valence electrons. The number of benzene rings is 3. The lowest BCUT2D eigenvalue weighted by Crippen LogP contribution is -2.09. The van der Waals surface area contributed by atoms with Crippen LogP contribution in [0.5, 0.6) is 11.5 Å². The molecule has 3 aromatic rings. The molecule has 1 unspecified atom stereocenters. The maximum absolute atomic E-state index is 12.4. The number of rotatable bonds is 5. The normalized spacial score (nSPS) is 11.6. The van der Waals surface area contributed by atoms with Gasteiger partial charge in [0.25, 0.3) is 0 Å². The van der Waals surface area contributed by atoms with Gasteiger partial charge in [-0.2, -0.15) is 0 Å². The molecule has 0 aliphatic heterocycles. The molecule has 0 saturated carbocycles. The maximum atomic E-state index is 12.4. The number of carbonyl (C=O) groups excluding carboxylic acids is 1. The Balaban J connectivity index is 1.70. The zero-order valence-electron chi connectivity index (χ0n) is 14.7. The van der Waals surface area contributed by atoms with Crippen molar-refractivity contribution in [2.24, 2.45) is 0 Å². The minimum absolute atomic E-state index is 0.223. The summed E-state index contributed by atoms with van der Waals surface area (Å²) in [7, 11) is 1.60. The number of ether oxygens (including phenoxy) is 2. The summed E-state index contributed by atoms with van der Waals surface area (Å²) in [5.74, 6) is 0.571. The first kappa shape index (κ1) is 17.5. The molecular formula is C22H20O4. The summed E-state index contributed by atoms with van der Waals surface area (Å²) in [6, 6.07) is 21.6. The monoisotopic (exact) mass is 348 g/mol. The fourth-order valence-corrected chi connectivity index (χ4v) is 2.64. The van der Waals surface area contributed by atoms with Crippen LogP contribution in [0, 0.1) is 0 Å². The number of methoxy groups -OCH3 is 1. The standard InChI is InChI=1S/C22H20O4/c1-15(19-4-3-5-21(14-19)25-2)26-22(24)18-8-6-16(7-9-18)17-10-12-20(23)13-11-17/h3-15,23H,1-2H3. The topological polar surface area (TPSA) is 55.8 Å². The average molecular weight is 348 g/mol. The van der Waals surface area contributed by atoms with Crippen LogP contribution in [0.3, 0.4) is 0 Å². The van der Waals surface area contributed by atoms with Gasteiger partial charge < -0.3 is 14.6 Å². The number of carbonyl (C=O) groups is 1. The van der Waals surface area contributed by atoms with Crippen molar-refractivity contribution in [2.45, 2.75) is 13.0 Å². The van der Waals surface area contributed by atoms with Gasteiger partial charge >= 0.3 is 5.97 Å². The molecule has 0 aliphatic rings. The molecule has 0 bridgehead atoms. The van der Waals surface area contributed by atoms with Gasteiger partial charge in [0.2, 0.25) is 0 Å². The summed E-state index contributed by atoms with van der Waals surface area (Å²) < 4.78 is 10.8. The number of hydrogen-bond acceptors (Lipinski definition) is 4. The number of aromatic hydroxyl groups is 1. The van der Waals surface area contributed by atoms with Crippen LogP contribution in [0.2, 0.25) is 0 Å². The van der Waals surface area contributed by atoms with E-state index < -0.39 is 0 Å². The van der Waals surface area contributed by atoms with Crippen LogP contribution in [0.4, 0.5) is 0 Å². The summed E-state index contributed by atoms with van der Waals surface area (Å²) in [5.41, 5.74) is 3.29. The van der Waals surface area contributed by atoms with Crippen LogP contribution < -0.4 is 4.74 Å². The van der Waals surface area contributed by atoms with Gasteiger partial charge in [-0.3, -0.25) is 0 Å². The van der Waals surface area contributed by atoms with Crippen molar-refractivity contribution >= 4 is 5.97 Å². The number of esters is 1. The lowest BCUT2D eigenvalue weighted by atomic mass is 10.0. The quantitative estimate of drug-likeness (QED) is 0.660. The molecule has 1 atom stereocenters. The average Bonchev–Trinajstić information content (AvgIpc) is 2.68. The Kier molecular flexibility index (Phi) is 5.23. The van der Waals surface area contributed by atoms with E-state index in [0.717, 1.165) is 22.4 Å². The summed E-state index contributed by atoms with van der Waals surface area (Å²) in [6.07, 6.45) is -0.380. The fourth-order valence-electron chi connectivity index (χ4n) is 2.64. The molecule has 0 heterocycles. The highest BCUT2D eigenvalue weighted by Crippen LogP contribution is 2.25. The third-order valence-electron chi connectivity index (χ3n) is 4.17. The molecular weight excluding hydrogens is 328 g/mol. The minimum atomic E-state index is -0.380. The second-order valence-electron chi connectivity index (χ2n) is 5.95. The predicted molar refractivity (Wildman–Crippen MR) is 100 cm³/mol. The highest BCUT2D eigenvalue weighted by molar-refractivity contribution is 5.90. The van der Waals surface area contributed by atoms with Crippen molar-refractivity contribution in [2.75, 3.05) is 7.11 Å². The molecule has 4 nitrogen and oxygen atoms in total. The Morgan fingerprint density at radius 2 is 1.54 bits per heavy atom. The maximum Gasteiger partial charge on any atom is 0.338 e. The van der Waals surface area contributed by atoms with Gasteiger partial charge in [0.1, 0.15) is 17.6 Å². The summed E-state index contributed by atoms with van der Waals surface area (Å²) in [4.78, 5) is 12.4. The zero-order chi connectivity index (χ0) is 18.5. The van der Waals surface area contributed by atoms with Gasteiger partial charge in [0.05, 0.1) is 12.7 Å². The summed E-state index contributed by atoms with van der Waals surface area (Å²) in [6.45, 7) is 1.83. The first-order valence-electron chi connectivity index (χ1n) is 8.31. The van der Waals surface area contributed by atoms with E-state index in [4.69, 9.17) is 9.47 Å². The molecule has 3 rings (SSSR count). The van der Waals surface area contributed by atoms with E-state index in [9.17, 15) is 9.90 Å². The van der Waals surface area contributed by atoms with E-state index in [0.29, 0.717) is 5.56 Å². The molecule has 3 aromatic carbocycles. The Bertz CT molecular complexity index is 883. The van der Waals surface area contributed by atoms with Crippen molar-refractivity contribution in [1.29, 1.82) is 0 Å². The number of phenols is 1. The Morgan fingerprint density at radius 3 is 2.15 bits per heavy atom. The zero-order valence-corrected chi connectivity index (χ0v) is 14.7. The number of hydrogen-bond donors (Lipinski definition) is 1. The molecule has 0 aliphatic carbocycles. The van der Waals surface area contributed by atoms with Gasteiger partial charge in [-0.15, -0.1) is 0 Å². The Labute approximate surface area is 152 Å². The van der Waals surface area contributed by atoms with Crippen LogP contribution >= 0.6 is 0 Å². The molecule has 0 radical (unpaired) electrons. The Morgan fingerprint density at radius 1 is 0.923 bits per heavy atom. The van der Waals surface area contributed by atoms with Crippen molar-refractivity contribution in [3.63, 3.8) is 0 Å². The molecule has 0 amide bonds. The van der Waals surface area contributed by atoms with Crippen molar-refractivity contribution in [3.8, 4) is 22.6 Å². The van der Waals surface area contributed by atoms with Gasteiger partial charge in [0, 0.05) is 0 Å². The highest BCUT2D eigenvalue weighted by atomic mass is 16.5. The molecule has 0 saturated heterocycles. The van der Waals surface area contributed by atoms with Gasteiger partial charge in [0.15, 0.2) is 0 Å². The summed E-state index contributed by atoms with van der Waals surface area (Å²) in [5, 5.41) is 9.36. The van der Waals surface area contributed by atoms with E-state index in [2.05, 4.69) is 0 Å². The van der Waals surface area contributed by atoms with E-state index in [1.807, 2.05) is 55.5 Å². The van der Waals surface area contributed by atoms with Crippen LogP contribution in [0.25, 0.3) is 11.1 Å². The highest BCUT2D eigenvalue weighted by Gasteiger charge is 2.14. The van der Waals surface area contributed by atoms with Gasteiger partial charge in [-0.05, 0) is 60.0 Å². The molecule has 0 spiro atoms. The van der Waals surface area contributed by atoms with E-state index in [1.54, 1.807) is 31.4 Å². The van der Waals surface area contributed by atoms with Crippen LogP contribution in [-0.4, -0.2) is 18.2 Å². The molecule has 4 heteroatoms. The smallest absolute Gasteiger partial charge is 0.338 e. The van der Waals surface area contributed by atoms with E-state index in [1.165, 1.54) is 0 Å². The lowest BCUT2D eigenvalue weighted by molar-refractivity contribution is 0.0337. The van der Waals surface area contributed by atoms with E-state index >= 15 is 0 Å². The van der Waals surface area contributed by atoms with Gasteiger partial charge in [-0.1, -0.05) is 36.4 Å². The first-order valence-corrected chi connectivity index (χ1v) is 8.31. The van der Waals surface area contributed by atoms with Gasteiger partial charge in [-0.25, -0.2) is 4.79 Å². The Hall–Kier alpha value is -3.27. The van der Waals surface area contributed by atoms with Crippen molar-refractivity contribution in [1.82, 2.24) is 0 Å². The predicted octanol–water partition coefficient (Wildman–Crippen LogP) is 4.99. The molecule has 1 N–H and O–H groups in total. The number of phenolic OH excluding ortho intramolecular Hbond substituents is 1. The molecule has 26 heavy (non-hydrogen) atoms. The summed E-state index contributed by atoms with van der Waals surface area (Å²) >= 11 is 0. The third-order valence-corrected chi connectivity index (χ3v) is 4.17. The van der Waals surface area contributed by atoms with Crippen LogP contribution in [0.15, 0.2) is 72.8 Å². The van der Waals surface area contributed by atoms with Crippen molar-refractivity contribution in [3.05, 3.63) is 83.9 Å².